The predicted molar refractivity (Wildman–Crippen MR) is 58.7 cm³/mol. The molecule has 0 aliphatic carbocycles. The van der Waals surface area contributed by atoms with Gasteiger partial charge in [-0.15, -0.1) is 0 Å². The average molecular weight is 253 g/mol. The van der Waals surface area contributed by atoms with Crippen molar-refractivity contribution < 1.29 is 34.8 Å². The van der Waals surface area contributed by atoms with Crippen LogP contribution in [0.3, 0.4) is 0 Å². The van der Waals surface area contributed by atoms with Gasteiger partial charge in [0.1, 0.15) is 6.54 Å². The van der Waals surface area contributed by atoms with Crippen LogP contribution >= 0.6 is 0 Å². The molecule has 0 atom stereocenters. The number of carboxylic acid groups (broad SMARTS) is 1. The molecule has 0 aliphatic rings. The summed E-state index contributed by atoms with van der Waals surface area (Å²) in [4.78, 5) is 9.89. The van der Waals surface area contributed by atoms with Gasteiger partial charge in [0.25, 0.3) is 0 Å². The van der Waals surface area contributed by atoms with E-state index < -0.39 is 37.8 Å². The zero-order chi connectivity index (χ0) is 14.1. The quantitative estimate of drug-likeness (QED) is 0.363. The van der Waals surface area contributed by atoms with Gasteiger partial charge in [-0.05, 0) is 0 Å². The van der Waals surface area contributed by atoms with Crippen LogP contribution in [0.25, 0.3) is 0 Å². The van der Waals surface area contributed by atoms with Gasteiger partial charge in [-0.1, -0.05) is 0 Å². The summed E-state index contributed by atoms with van der Waals surface area (Å²) in [5, 5.41) is 43.9. The molecule has 104 valence electrons. The minimum atomic E-state index is -1.11. The van der Waals surface area contributed by atoms with E-state index in [4.69, 9.17) is 20.4 Å². The normalized spacial score (nSPS) is 11.7. The second-order valence-corrected chi connectivity index (χ2v) is 4.95. The molecule has 4 N–H and O–H groups in total. The highest BCUT2D eigenvalue weighted by Crippen LogP contribution is 2.11. The molecular formula is C10H23NO6. The Balaban J connectivity index is 0. The average Bonchev–Trinajstić information content (AvgIpc) is 2.19. The van der Waals surface area contributed by atoms with E-state index in [1.165, 1.54) is 0 Å². The first-order valence-corrected chi connectivity index (χ1v) is 5.10. The lowest BCUT2D eigenvalue weighted by Gasteiger charge is -2.23. The van der Waals surface area contributed by atoms with Crippen LogP contribution in [0.2, 0.25) is 0 Å². The number of aliphatic hydroxyl groups excluding tert-OH is 4. The fraction of sp³-hybridized carbons (Fsp3) is 0.900. The highest BCUT2D eigenvalue weighted by Gasteiger charge is 2.26. The molecule has 0 aromatic carbocycles. The lowest BCUT2D eigenvalue weighted by atomic mass is 9.93. The van der Waals surface area contributed by atoms with Crippen molar-refractivity contribution in [1.82, 2.24) is 0 Å². The van der Waals surface area contributed by atoms with Crippen LogP contribution in [0.15, 0.2) is 0 Å². The van der Waals surface area contributed by atoms with Crippen molar-refractivity contribution in [2.75, 3.05) is 54.1 Å². The topological polar surface area (TPSA) is 121 Å². The van der Waals surface area contributed by atoms with Crippen LogP contribution in [0.5, 0.6) is 0 Å². The standard InChI is InChI=1S/C5H11NO2.C5H12O4/c1-6(2,3)4-5(7)8;6-1-5(2-7,3-8)4-9/h4H2,1-3H3;6-9H,1-4H2. The zero-order valence-corrected chi connectivity index (χ0v) is 10.6. The molecule has 0 amide bonds. The molecule has 7 heteroatoms. The maximum absolute atomic E-state index is 9.89. The summed E-state index contributed by atoms with van der Waals surface area (Å²) in [5.74, 6) is -1.00. The number of aliphatic carboxylic acids is 1. The van der Waals surface area contributed by atoms with Gasteiger partial charge in [0.15, 0.2) is 0 Å². The Morgan fingerprint density at radius 3 is 1.29 bits per heavy atom. The van der Waals surface area contributed by atoms with Crippen LogP contribution in [-0.2, 0) is 4.79 Å². The Bertz CT molecular complexity index is 192. The molecule has 0 aromatic rings. The lowest BCUT2D eigenvalue weighted by molar-refractivity contribution is -0.864. The fourth-order valence-electron chi connectivity index (χ4n) is 0.687. The Morgan fingerprint density at radius 2 is 1.29 bits per heavy atom. The molecular weight excluding hydrogens is 230 g/mol. The Kier molecular flexibility index (Phi) is 9.18. The number of carbonyl (C=O) groups is 1. The Labute approximate surface area is 101 Å². The van der Waals surface area contributed by atoms with E-state index in [0.717, 1.165) is 0 Å². The van der Waals surface area contributed by atoms with Crippen molar-refractivity contribution in [3.05, 3.63) is 0 Å². The van der Waals surface area contributed by atoms with E-state index in [0.29, 0.717) is 4.48 Å². The summed E-state index contributed by atoms with van der Waals surface area (Å²) < 4.78 is 0.419. The maximum atomic E-state index is 9.89. The lowest BCUT2D eigenvalue weighted by Crippen LogP contribution is -2.45. The number of aliphatic hydroxyl groups is 4. The van der Waals surface area contributed by atoms with Crippen LogP contribution < -0.4 is 5.11 Å². The van der Waals surface area contributed by atoms with Gasteiger partial charge in [0.2, 0.25) is 0 Å². The van der Waals surface area contributed by atoms with E-state index in [-0.39, 0.29) is 6.54 Å². The monoisotopic (exact) mass is 253 g/mol. The molecule has 0 aliphatic heterocycles. The van der Waals surface area contributed by atoms with Crippen molar-refractivity contribution >= 4 is 5.97 Å². The van der Waals surface area contributed by atoms with Gasteiger partial charge in [0.05, 0.1) is 59.0 Å². The van der Waals surface area contributed by atoms with E-state index in [1.807, 2.05) is 0 Å². The Morgan fingerprint density at radius 1 is 1.00 bits per heavy atom. The number of hydrogen-bond acceptors (Lipinski definition) is 6. The molecule has 0 aromatic heterocycles. The molecule has 0 saturated heterocycles. The molecule has 0 fully saturated rings. The number of hydrogen-bond donors (Lipinski definition) is 4. The van der Waals surface area contributed by atoms with E-state index in [2.05, 4.69) is 0 Å². The highest BCUT2D eigenvalue weighted by atomic mass is 16.4. The van der Waals surface area contributed by atoms with Crippen molar-refractivity contribution in [2.45, 2.75) is 0 Å². The Hall–Kier alpha value is -0.730. The molecule has 17 heavy (non-hydrogen) atoms. The number of carboxylic acids is 1. The van der Waals surface area contributed by atoms with Crippen LogP contribution in [0.4, 0.5) is 0 Å². The molecule has 0 spiro atoms. The van der Waals surface area contributed by atoms with Crippen molar-refractivity contribution in [1.29, 1.82) is 0 Å². The summed E-state index contributed by atoms with van der Waals surface area (Å²) in [6.45, 7) is -1.56. The van der Waals surface area contributed by atoms with Crippen molar-refractivity contribution in [3.8, 4) is 0 Å². The molecule has 0 saturated carbocycles. The van der Waals surface area contributed by atoms with Gasteiger partial charge in [-0.25, -0.2) is 0 Å². The third kappa shape index (κ3) is 10.2. The van der Waals surface area contributed by atoms with E-state index in [1.54, 1.807) is 21.1 Å². The number of likely N-dealkylation sites (N-methyl/N-ethyl adjacent to an activating group) is 1. The summed E-state index contributed by atoms with van der Waals surface area (Å²) >= 11 is 0. The van der Waals surface area contributed by atoms with Gasteiger partial charge in [0, 0.05) is 0 Å². The smallest absolute Gasteiger partial charge is 0.118 e. The summed E-state index contributed by atoms with van der Waals surface area (Å²) in [5.41, 5.74) is -1.11. The minimum absolute atomic E-state index is 0.0694. The summed E-state index contributed by atoms with van der Waals surface area (Å²) in [6, 6.07) is 0. The molecule has 0 radical (unpaired) electrons. The molecule has 0 unspecified atom stereocenters. The number of rotatable bonds is 6. The van der Waals surface area contributed by atoms with Gasteiger partial charge >= 0.3 is 0 Å². The minimum Gasteiger partial charge on any atom is -0.544 e. The second-order valence-electron chi connectivity index (χ2n) is 4.95. The largest absolute Gasteiger partial charge is 0.544 e. The van der Waals surface area contributed by atoms with Crippen LogP contribution in [0.1, 0.15) is 0 Å². The predicted octanol–water partition coefficient (Wildman–Crippen LogP) is -3.62. The third-order valence-electron chi connectivity index (χ3n) is 1.95. The van der Waals surface area contributed by atoms with Crippen molar-refractivity contribution in [2.24, 2.45) is 5.41 Å². The van der Waals surface area contributed by atoms with Gasteiger partial charge in [-0.2, -0.15) is 0 Å². The zero-order valence-electron chi connectivity index (χ0n) is 10.6. The highest BCUT2D eigenvalue weighted by molar-refractivity contribution is 5.65. The van der Waals surface area contributed by atoms with Crippen molar-refractivity contribution in [3.63, 3.8) is 0 Å². The first kappa shape index (κ1) is 18.6. The number of nitrogens with zero attached hydrogens (tertiary/aromatic N) is 1. The SMILES string of the molecule is C[N+](C)(C)CC(=O)[O-].OCC(CO)(CO)CO. The second kappa shape index (κ2) is 8.37. The van der Waals surface area contributed by atoms with E-state index >= 15 is 0 Å². The molecule has 0 rings (SSSR count). The molecule has 7 nitrogen and oxygen atoms in total. The van der Waals surface area contributed by atoms with Gasteiger partial charge < -0.3 is 34.8 Å². The first-order chi connectivity index (χ1) is 7.66. The van der Waals surface area contributed by atoms with Gasteiger partial charge in [-0.3, -0.25) is 0 Å². The number of carbonyl (C=O) groups excluding carboxylic acids is 1. The van der Waals surface area contributed by atoms with Crippen LogP contribution in [0, 0.1) is 5.41 Å². The first-order valence-electron chi connectivity index (χ1n) is 5.10. The molecule has 0 heterocycles. The maximum Gasteiger partial charge on any atom is 0.118 e. The summed E-state index contributed by atoms with van der Waals surface area (Å²) in [6.07, 6.45) is 0. The number of quaternary nitrogens is 1. The fourth-order valence-corrected chi connectivity index (χ4v) is 0.687. The van der Waals surface area contributed by atoms with E-state index in [9.17, 15) is 9.90 Å². The summed E-state index contributed by atoms with van der Waals surface area (Å²) in [7, 11) is 5.40. The van der Waals surface area contributed by atoms with Crippen LogP contribution in [-0.4, -0.2) is 85.0 Å². The third-order valence-corrected chi connectivity index (χ3v) is 1.95. The molecule has 0 bridgehead atoms.